The number of ether oxygens (including phenoxy) is 2. The zero-order valence-electron chi connectivity index (χ0n) is 22.8. The Bertz CT molecular complexity index is 1290. The zero-order valence-corrected chi connectivity index (χ0v) is 25.9. The van der Waals surface area contributed by atoms with Crippen LogP contribution in [-0.2, 0) is 0 Å². The second-order valence-corrected chi connectivity index (χ2v) is 12.5. The van der Waals surface area contributed by atoms with E-state index < -0.39 is 0 Å². The van der Waals surface area contributed by atoms with Gasteiger partial charge < -0.3 is 14.8 Å². The summed E-state index contributed by atoms with van der Waals surface area (Å²) in [6, 6.07) is 37.9. The molecule has 1 N–H and O–H groups in total. The number of halogens is 2. The van der Waals surface area contributed by atoms with Crippen LogP contribution in [0.2, 0.25) is 0 Å². The van der Waals surface area contributed by atoms with Gasteiger partial charge in [-0.1, -0.05) is 112 Å². The monoisotopic (exact) mass is 661 g/mol. The fraction of sp³-hybridized carbons (Fsp3) is 0.314. The molecule has 0 amide bonds. The van der Waals surface area contributed by atoms with E-state index in [0.29, 0.717) is 13.2 Å². The van der Waals surface area contributed by atoms with Gasteiger partial charge >= 0.3 is 0 Å². The lowest BCUT2D eigenvalue weighted by Crippen LogP contribution is -2.54. The molecule has 0 heterocycles. The van der Waals surface area contributed by atoms with Crippen molar-refractivity contribution in [3.05, 3.63) is 129 Å². The van der Waals surface area contributed by atoms with E-state index in [-0.39, 0.29) is 17.4 Å². The van der Waals surface area contributed by atoms with E-state index in [0.717, 1.165) is 39.8 Å². The quantitative estimate of drug-likeness (QED) is 0.164. The van der Waals surface area contributed by atoms with Crippen molar-refractivity contribution in [3.63, 3.8) is 0 Å². The molecule has 4 aromatic carbocycles. The van der Waals surface area contributed by atoms with Gasteiger partial charge in [0.05, 0.1) is 13.2 Å². The smallest absolute Gasteiger partial charge is 0.119 e. The number of hydrogen-bond donors (Lipinski definition) is 1. The molecule has 4 aromatic rings. The highest BCUT2D eigenvalue weighted by molar-refractivity contribution is 9.10. The average molecular weight is 663 g/mol. The van der Waals surface area contributed by atoms with Crippen LogP contribution in [0.25, 0.3) is 0 Å². The number of rotatable bonds is 12. The third-order valence-corrected chi connectivity index (χ3v) is 9.14. The SMILES string of the molecule is Brc1ccc(OCC(CNC2(C(COc3ccc(Br)cc3)c3ccccc3)CCCCC2)c2ccccc2)cc1. The molecule has 0 aliphatic heterocycles. The summed E-state index contributed by atoms with van der Waals surface area (Å²) in [6.07, 6.45) is 5.99. The van der Waals surface area contributed by atoms with Crippen molar-refractivity contribution in [2.75, 3.05) is 19.8 Å². The fourth-order valence-electron chi connectivity index (χ4n) is 5.85. The van der Waals surface area contributed by atoms with Crippen LogP contribution in [0.5, 0.6) is 11.5 Å². The molecule has 208 valence electrons. The van der Waals surface area contributed by atoms with Crippen LogP contribution in [0.15, 0.2) is 118 Å². The molecule has 2 atom stereocenters. The lowest BCUT2D eigenvalue weighted by atomic mass is 9.70. The molecule has 1 fully saturated rings. The van der Waals surface area contributed by atoms with Crippen molar-refractivity contribution in [1.29, 1.82) is 0 Å². The maximum Gasteiger partial charge on any atom is 0.119 e. The summed E-state index contributed by atoms with van der Waals surface area (Å²) >= 11 is 7.06. The summed E-state index contributed by atoms with van der Waals surface area (Å²) in [5, 5.41) is 4.15. The second-order valence-electron chi connectivity index (χ2n) is 10.7. The minimum atomic E-state index is -0.0559. The molecular weight excluding hydrogens is 626 g/mol. The molecule has 0 spiro atoms. The van der Waals surface area contributed by atoms with Crippen molar-refractivity contribution in [2.45, 2.75) is 49.5 Å². The van der Waals surface area contributed by atoms with Gasteiger partial charge in [-0.3, -0.25) is 0 Å². The first-order valence-electron chi connectivity index (χ1n) is 14.2. The summed E-state index contributed by atoms with van der Waals surface area (Å²) in [5.74, 6) is 2.23. The minimum absolute atomic E-state index is 0.0559. The maximum absolute atomic E-state index is 6.47. The molecule has 0 aromatic heterocycles. The van der Waals surface area contributed by atoms with Gasteiger partial charge in [0.25, 0.3) is 0 Å². The van der Waals surface area contributed by atoms with Crippen LogP contribution in [0.3, 0.4) is 0 Å². The maximum atomic E-state index is 6.47. The predicted molar refractivity (Wildman–Crippen MR) is 171 cm³/mol. The van der Waals surface area contributed by atoms with Crippen molar-refractivity contribution < 1.29 is 9.47 Å². The third-order valence-electron chi connectivity index (χ3n) is 8.08. The van der Waals surface area contributed by atoms with Gasteiger partial charge in [-0.2, -0.15) is 0 Å². The van der Waals surface area contributed by atoms with Crippen LogP contribution >= 0.6 is 31.9 Å². The summed E-state index contributed by atoms with van der Waals surface area (Å²) in [6.45, 7) is 2.08. The molecule has 1 saturated carbocycles. The zero-order chi connectivity index (χ0) is 27.6. The Hall–Kier alpha value is -2.60. The van der Waals surface area contributed by atoms with Crippen molar-refractivity contribution in [3.8, 4) is 11.5 Å². The van der Waals surface area contributed by atoms with Crippen molar-refractivity contribution in [1.82, 2.24) is 5.32 Å². The van der Waals surface area contributed by atoms with E-state index in [4.69, 9.17) is 9.47 Å². The second kappa shape index (κ2) is 14.3. The van der Waals surface area contributed by atoms with E-state index in [1.807, 2.05) is 48.5 Å². The van der Waals surface area contributed by atoms with Crippen LogP contribution in [0.4, 0.5) is 0 Å². The standard InChI is InChI=1S/C35H37Br2NO2/c36-30-14-18-32(19-15-30)39-25-29(27-10-4-1-5-11-27)24-38-35(22-8-3-9-23-35)34(28-12-6-2-7-13-28)26-40-33-20-16-31(37)17-21-33/h1-2,4-7,10-21,29,34,38H,3,8-9,22-26H2. The topological polar surface area (TPSA) is 30.5 Å². The van der Waals surface area contributed by atoms with Crippen molar-refractivity contribution >= 4 is 31.9 Å². The van der Waals surface area contributed by atoms with Gasteiger partial charge in [0.15, 0.2) is 0 Å². The molecule has 3 nitrogen and oxygen atoms in total. The molecular formula is C35H37Br2NO2. The highest BCUT2D eigenvalue weighted by atomic mass is 79.9. The van der Waals surface area contributed by atoms with E-state index in [1.165, 1.54) is 30.4 Å². The molecule has 0 saturated heterocycles. The first-order chi connectivity index (χ1) is 19.6. The Morgan fingerprint density at radius 2 is 1.10 bits per heavy atom. The van der Waals surface area contributed by atoms with Crippen LogP contribution in [0.1, 0.15) is 55.1 Å². The highest BCUT2D eigenvalue weighted by Crippen LogP contribution is 2.41. The first-order valence-corrected chi connectivity index (χ1v) is 15.8. The Labute approximate surface area is 255 Å². The lowest BCUT2D eigenvalue weighted by Gasteiger charge is -2.45. The first kappa shape index (κ1) is 28.9. The Morgan fingerprint density at radius 1 is 0.600 bits per heavy atom. The minimum Gasteiger partial charge on any atom is -0.493 e. The largest absolute Gasteiger partial charge is 0.493 e. The Morgan fingerprint density at radius 3 is 1.65 bits per heavy atom. The molecule has 0 radical (unpaired) electrons. The summed E-state index contributed by atoms with van der Waals surface area (Å²) in [4.78, 5) is 0. The molecule has 40 heavy (non-hydrogen) atoms. The van der Waals surface area contributed by atoms with Crippen molar-refractivity contribution in [2.24, 2.45) is 0 Å². The molecule has 5 rings (SSSR count). The van der Waals surface area contributed by atoms with Crippen LogP contribution in [-0.4, -0.2) is 25.3 Å². The summed E-state index contributed by atoms with van der Waals surface area (Å²) in [5.41, 5.74) is 2.57. The van der Waals surface area contributed by atoms with Gasteiger partial charge in [-0.15, -0.1) is 0 Å². The number of hydrogen-bond acceptors (Lipinski definition) is 3. The van der Waals surface area contributed by atoms with Crippen LogP contribution in [0, 0.1) is 0 Å². The third kappa shape index (κ3) is 7.78. The van der Waals surface area contributed by atoms with Crippen LogP contribution < -0.4 is 14.8 Å². The normalized spacial score (nSPS) is 16.1. The summed E-state index contributed by atoms with van der Waals surface area (Å²) < 4.78 is 14.9. The van der Waals surface area contributed by atoms with E-state index in [2.05, 4.69) is 97.8 Å². The van der Waals surface area contributed by atoms with Gasteiger partial charge in [-0.25, -0.2) is 0 Å². The fourth-order valence-corrected chi connectivity index (χ4v) is 6.38. The number of benzene rings is 4. The Kier molecular flexibility index (Phi) is 10.4. The van der Waals surface area contributed by atoms with Gasteiger partial charge in [0.1, 0.15) is 11.5 Å². The molecule has 1 aliphatic rings. The number of nitrogens with one attached hydrogen (secondary N) is 1. The molecule has 2 unspecified atom stereocenters. The highest BCUT2D eigenvalue weighted by Gasteiger charge is 2.41. The molecule has 5 heteroatoms. The van der Waals surface area contributed by atoms with E-state index in [1.54, 1.807) is 0 Å². The Balaban J connectivity index is 1.39. The lowest BCUT2D eigenvalue weighted by molar-refractivity contribution is 0.137. The van der Waals surface area contributed by atoms with Gasteiger partial charge in [-0.05, 0) is 72.5 Å². The van der Waals surface area contributed by atoms with E-state index in [9.17, 15) is 0 Å². The summed E-state index contributed by atoms with van der Waals surface area (Å²) in [7, 11) is 0. The van der Waals surface area contributed by atoms with Gasteiger partial charge in [0, 0.05) is 32.9 Å². The average Bonchev–Trinajstić information content (AvgIpc) is 3.00. The molecule has 1 aliphatic carbocycles. The molecule has 0 bridgehead atoms. The van der Waals surface area contributed by atoms with Gasteiger partial charge in [0.2, 0.25) is 0 Å². The van der Waals surface area contributed by atoms with E-state index >= 15 is 0 Å². The predicted octanol–water partition coefficient (Wildman–Crippen LogP) is 9.53.